The molecule has 1 aliphatic heterocycles. The normalized spacial score (nSPS) is 15.3. The van der Waals surface area contributed by atoms with Crippen molar-refractivity contribution in [3.05, 3.63) is 63.3 Å². The van der Waals surface area contributed by atoms with Crippen LogP contribution in [0, 0.1) is 6.92 Å². The van der Waals surface area contributed by atoms with Gasteiger partial charge in [-0.15, -0.1) is 0 Å². The van der Waals surface area contributed by atoms with Gasteiger partial charge in [0, 0.05) is 10.0 Å². The molecule has 0 atom stereocenters. The summed E-state index contributed by atoms with van der Waals surface area (Å²) in [4.78, 5) is 12.2. The van der Waals surface area contributed by atoms with Crippen LogP contribution in [-0.2, 0) is 0 Å². The van der Waals surface area contributed by atoms with Gasteiger partial charge >= 0.3 is 0 Å². The Bertz CT molecular complexity index is 730. The van der Waals surface area contributed by atoms with Crippen molar-refractivity contribution in [3.8, 4) is 11.5 Å². The van der Waals surface area contributed by atoms with Crippen LogP contribution >= 0.6 is 15.9 Å². The van der Waals surface area contributed by atoms with Crippen molar-refractivity contribution in [2.75, 3.05) is 0 Å². The molecule has 3 rings (SSSR count). The van der Waals surface area contributed by atoms with Crippen molar-refractivity contribution in [3.63, 3.8) is 0 Å². The monoisotopic (exact) mass is 330 g/mol. The molecule has 1 N–H and O–H groups in total. The summed E-state index contributed by atoms with van der Waals surface area (Å²) >= 11 is 3.36. The van der Waals surface area contributed by atoms with Crippen LogP contribution in [0.15, 0.2) is 46.6 Å². The number of ether oxygens (including phenoxy) is 1. The predicted molar refractivity (Wildman–Crippen MR) is 79.9 cm³/mol. The summed E-state index contributed by atoms with van der Waals surface area (Å²) in [6.07, 6.45) is 1.70. The highest BCUT2D eigenvalue weighted by Gasteiger charge is 2.29. The summed E-state index contributed by atoms with van der Waals surface area (Å²) in [7, 11) is 0. The molecule has 0 saturated heterocycles. The predicted octanol–water partition coefficient (Wildman–Crippen LogP) is 4.08. The second kappa shape index (κ2) is 4.80. The van der Waals surface area contributed by atoms with Gasteiger partial charge in [0.25, 0.3) is 0 Å². The Kier molecular flexibility index (Phi) is 3.10. The van der Waals surface area contributed by atoms with Crippen LogP contribution < -0.4 is 4.74 Å². The molecule has 4 heteroatoms. The number of Topliss-reactive ketones (excluding diaryl/α,β-unsaturated/α-hetero) is 1. The molecule has 0 saturated carbocycles. The summed E-state index contributed by atoms with van der Waals surface area (Å²) in [6, 6.07) is 10.7. The van der Waals surface area contributed by atoms with Crippen LogP contribution in [0.3, 0.4) is 0 Å². The summed E-state index contributed by atoms with van der Waals surface area (Å²) in [6.45, 7) is 1.73. The van der Waals surface area contributed by atoms with Gasteiger partial charge in [-0.3, -0.25) is 4.79 Å². The number of aromatic hydroxyl groups is 1. The van der Waals surface area contributed by atoms with E-state index in [0.29, 0.717) is 16.9 Å². The molecule has 0 bridgehead atoms. The van der Waals surface area contributed by atoms with E-state index < -0.39 is 0 Å². The highest BCUT2D eigenvalue weighted by molar-refractivity contribution is 9.10. The molecule has 0 fully saturated rings. The molecule has 3 nitrogen and oxygen atoms in total. The zero-order valence-electron chi connectivity index (χ0n) is 10.7. The number of phenolic OH excluding ortho intramolecular Hbond substituents is 1. The Morgan fingerprint density at radius 2 is 1.85 bits per heavy atom. The lowest BCUT2D eigenvalue weighted by Crippen LogP contribution is -1.97. The van der Waals surface area contributed by atoms with E-state index in [1.54, 1.807) is 19.1 Å². The first-order valence-electron chi connectivity index (χ1n) is 6.08. The third kappa shape index (κ3) is 2.12. The summed E-state index contributed by atoms with van der Waals surface area (Å²) < 4.78 is 6.58. The molecule has 0 unspecified atom stereocenters. The molecule has 0 amide bonds. The van der Waals surface area contributed by atoms with Crippen LogP contribution in [0.1, 0.15) is 21.5 Å². The zero-order chi connectivity index (χ0) is 14.3. The summed E-state index contributed by atoms with van der Waals surface area (Å²) in [5.41, 5.74) is 1.95. The van der Waals surface area contributed by atoms with Gasteiger partial charge in [-0.2, -0.15) is 0 Å². The molecular formula is C16H11BrO3. The van der Waals surface area contributed by atoms with E-state index in [1.165, 1.54) is 6.07 Å². The van der Waals surface area contributed by atoms with Gasteiger partial charge in [0.2, 0.25) is 5.78 Å². The topological polar surface area (TPSA) is 46.5 Å². The highest BCUT2D eigenvalue weighted by Crippen LogP contribution is 2.38. The number of rotatable bonds is 1. The van der Waals surface area contributed by atoms with Crippen LogP contribution in [-0.4, -0.2) is 10.9 Å². The van der Waals surface area contributed by atoms with E-state index in [2.05, 4.69) is 15.9 Å². The maximum atomic E-state index is 12.2. The maximum absolute atomic E-state index is 12.2. The minimum atomic E-state index is -0.161. The number of carbonyl (C=O) groups excluding carboxylic acids is 1. The minimum Gasteiger partial charge on any atom is -0.508 e. The number of allylic oxidation sites excluding steroid dienone is 1. The summed E-state index contributed by atoms with van der Waals surface area (Å²) in [5.74, 6) is 0.682. The molecule has 1 aliphatic rings. The number of halogens is 1. The van der Waals surface area contributed by atoms with Gasteiger partial charge in [0.05, 0.1) is 5.56 Å². The van der Waals surface area contributed by atoms with E-state index in [-0.39, 0.29) is 17.3 Å². The van der Waals surface area contributed by atoms with Gasteiger partial charge in [-0.05, 0) is 42.8 Å². The van der Waals surface area contributed by atoms with Crippen LogP contribution in [0.25, 0.3) is 6.08 Å². The van der Waals surface area contributed by atoms with Crippen LogP contribution in [0.4, 0.5) is 0 Å². The molecule has 20 heavy (non-hydrogen) atoms. The number of hydrogen-bond acceptors (Lipinski definition) is 3. The van der Waals surface area contributed by atoms with Crippen LogP contribution in [0.2, 0.25) is 0 Å². The molecule has 0 radical (unpaired) electrons. The lowest BCUT2D eigenvalue weighted by Gasteiger charge is -2.03. The van der Waals surface area contributed by atoms with Crippen molar-refractivity contribution in [2.45, 2.75) is 6.92 Å². The lowest BCUT2D eigenvalue weighted by atomic mass is 10.1. The van der Waals surface area contributed by atoms with Crippen molar-refractivity contribution in [1.82, 2.24) is 0 Å². The second-order valence-electron chi connectivity index (χ2n) is 4.58. The number of ketones is 1. The smallest absolute Gasteiger partial charge is 0.231 e. The van der Waals surface area contributed by atoms with E-state index in [0.717, 1.165) is 10.0 Å². The van der Waals surface area contributed by atoms with Crippen molar-refractivity contribution in [1.29, 1.82) is 0 Å². The SMILES string of the molecule is Cc1c(O)ccc2c1O/C(=C\c1ccc(Br)cc1)C2=O. The molecule has 0 aliphatic carbocycles. The first-order chi connectivity index (χ1) is 9.56. The number of phenols is 1. The Morgan fingerprint density at radius 1 is 1.15 bits per heavy atom. The van der Waals surface area contributed by atoms with E-state index in [4.69, 9.17) is 4.74 Å². The first kappa shape index (κ1) is 12.9. The van der Waals surface area contributed by atoms with Crippen LogP contribution in [0.5, 0.6) is 11.5 Å². The minimum absolute atomic E-state index is 0.126. The second-order valence-corrected chi connectivity index (χ2v) is 5.49. The molecule has 2 aromatic carbocycles. The molecule has 100 valence electrons. The lowest BCUT2D eigenvalue weighted by molar-refractivity contribution is 0.101. The average molecular weight is 331 g/mol. The largest absolute Gasteiger partial charge is 0.508 e. The molecule has 0 spiro atoms. The van der Waals surface area contributed by atoms with Gasteiger partial charge in [-0.1, -0.05) is 28.1 Å². The van der Waals surface area contributed by atoms with Crippen molar-refractivity contribution in [2.24, 2.45) is 0 Å². The number of carbonyl (C=O) groups is 1. The number of hydrogen-bond donors (Lipinski definition) is 1. The van der Waals surface area contributed by atoms with E-state index in [1.807, 2.05) is 24.3 Å². The Hall–Kier alpha value is -2.07. The Labute approximate surface area is 124 Å². The Morgan fingerprint density at radius 3 is 2.55 bits per heavy atom. The van der Waals surface area contributed by atoms with Crippen molar-refractivity contribution >= 4 is 27.8 Å². The average Bonchev–Trinajstić information content (AvgIpc) is 2.75. The summed E-state index contributed by atoms with van der Waals surface area (Å²) in [5, 5.41) is 9.66. The molecular weight excluding hydrogens is 320 g/mol. The number of benzene rings is 2. The molecule has 2 aromatic rings. The first-order valence-corrected chi connectivity index (χ1v) is 6.88. The fourth-order valence-electron chi connectivity index (χ4n) is 2.09. The van der Waals surface area contributed by atoms with Crippen molar-refractivity contribution < 1.29 is 14.6 Å². The van der Waals surface area contributed by atoms with Gasteiger partial charge in [0.15, 0.2) is 5.76 Å². The van der Waals surface area contributed by atoms with Gasteiger partial charge in [0.1, 0.15) is 11.5 Å². The quantitative estimate of drug-likeness (QED) is 0.801. The third-order valence-corrected chi connectivity index (χ3v) is 3.75. The molecule has 0 aromatic heterocycles. The van der Waals surface area contributed by atoms with Gasteiger partial charge in [-0.25, -0.2) is 0 Å². The van der Waals surface area contributed by atoms with E-state index in [9.17, 15) is 9.90 Å². The highest BCUT2D eigenvalue weighted by atomic mass is 79.9. The fraction of sp³-hybridized carbons (Fsp3) is 0.0625. The third-order valence-electron chi connectivity index (χ3n) is 3.23. The molecule has 1 heterocycles. The standard InChI is InChI=1S/C16H11BrO3/c1-9-13(18)7-6-12-15(19)14(20-16(9)12)8-10-2-4-11(17)5-3-10/h2-8,18H,1H3/b14-8-. The van der Waals surface area contributed by atoms with Gasteiger partial charge < -0.3 is 9.84 Å². The zero-order valence-corrected chi connectivity index (χ0v) is 12.3. The van der Waals surface area contributed by atoms with E-state index >= 15 is 0 Å². The maximum Gasteiger partial charge on any atom is 0.231 e. The Balaban J connectivity index is 2.01. The number of fused-ring (bicyclic) bond motifs is 1. The fourth-order valence-corrected chi connectivity index (χ4v) is 2.35.